The molecular formula is C12H11ClO3. The van der Waals surface area contributed by atoms with Crippen molar-refractivity contribution in [2.45, 2.75) is 12.8 Å². The molecule has 84 valence electrons. The maximum atomic E-state index is 11.6. The number of rotatable bonds is 4. The van der Waals surface area contributed by atoms with Crippen LogP contribution in [0.5, 0.6) is 0 Å². The van der Waals surface area contributed by atoms with E-state index in [1.807, 2.05) is 0 Å². The Labute approximate surface area is 97.6 Å². The van der Waals surface area contributed by atoms with Crippen molar-refractivity contribution < 1.29 is 14.3 Å². The third-order valence-corrected chi connectivity index (χ3v) is 2.55. The third-order valence-electron chi connectivity index (χ3n) is 2.32. The Morgan fingerprint density at radius 3 is 2.94 bits per heavy atom. The van der Waals surface area contributed by atoms with Gasteiger partial charge in [-0.25, -0.2) is 0 Å². The monoisotopic (exact) mass is 238 g/mol. The van der Waals surface area contributed by atoms with Gasteiger partial charge in [-0.2, -0.15) is 0 Å². The van der Waals surface area contributed by atoms with Gasteiger partial charge in [0.15, 0.2) is 11.5 Å². The summed E-state index contributed by atoms with van der Waals surface area (Å²) in [6, 6.07) is 6.89. The highest BCUT2D eigenvalue weighted by Crippen LogP contribution is 2.23. The van der Waals surface area contributed by atoms with E-state index in [1.54, 1.807) is 24.3 Å². The van der Waals surface area contributed by atoms with Crippen molar-refractivity contribution in [3.63, 3.8) is 0 Å². The molecule has 1 aromatic heterocycles. The van der Waals surface area contributed by atoms with Crippen LogP contribution in [0.1, 0.15) is 23.4 Å². The fraction of sp³-hybridized carbons (Fsp3) is 0.250. The van der Waals surface area contributed by atoms with Crippen LogP contribution in [0.3, 0.4) is 0 Å². The molecule has 4 heteroatoms. The highest BCUT2D eigenvalue weighted by Gasteiger charge is 2.11. The zero-order valence-electron chi connectivity index (χ0n) is 8.57. The van der Waals surface area contributed by atoms with E-state index in [0.29, 0.717) is 29.2 Å². The summed E-state index contributed by atoms with van der Waals surface area (Å²) in [6.07, 6.45) is 0.751. The maximum absolute atomic E-state index is 11.6. The van der Waals surface area contributed by atoms with Gasteiger partial charge in [0.05, 0.1) is 0 Å². The molecule has 1 aromatic carbocycles. The molecule has 0 aliphatic heterocycles. The van der Waals surface area contributed by atoms with Crippen LogP contribution >= 0.6 is 11.6 Å². The van der Waals surface area contributed by atoms with Crippen LogP contribution in [0.25, 0.3) is 11.0 Å². The molecule has 0 aliphatic rings. The van der Waals surface area contributed by atoms with Crippen molar-refractivity contribution in [1.82, 2.24) is 0 Å². The van der Waals surface area contributed by atoms with Crippen LogP contribution < -0.4 is 0 Å². The first-order chi connectivity index (χ1) is 7.70. The molecule has 0 unspecified atom stereocenters. The lowest BCUT2D eigenvalue weighted by Gasteiger charge is -1.93. The smallest absolute Gasteiger partial charge is 0.198 e. The molecule has 1 heterocycles. The molecule has 0 saturated carbocycles. The molecule has 0 atom stereocenters. The number of carbonyl (C=O) groups excluding carboxylic acids is 1. The Balaban J connectivity index is 2.28. The van der Waals surface area contributed by atoms with E-state index in [1.165, 1.54) is 0 Å². The minimum absolute atomic E-state index is 0.0117. The van der Waals surface area contributed by atoms with E-state index in [-0.39, 0.29) is 12.4 Å². The SMILES string of the molecule is O=C(CCCO)c1cc2cc(Cl)ccc2o1. The number of fused-ring (bicyclic) bond motifs is 1. The molecule has 2 rings (SSSR count). The van der Waals surface area contributed by atoms with Crippen molar-refractivity contribution in [2.24, 2.45) is 0 Å². The van der Waals surface area contributed by atoms with E-state index in [0.717, 1.165) is 5.39 Å². The van der Waals surface area contributed by atoms with Crippen molar-refractivity contribution in [3.8, 4) is 0 Å². The van der Waals surface area contributed by atoms with Crippen LogP contribution in [0, 0.1) is 0 Å². The first kappa shape index (κ1) is 11.2. The number of Topliss-reactive ketones (excluding diaryl/α,β-unsaturated/α-hetero) is 1. The van der Waals surface area contributed by atoms with Gasteiger partial charge < -0.3 is 9.52 Å². The molecule has 0 aliphatic carbocycles. The van der Waals surface area contributed by atoms with E-state index in [9.17, 15) is 4.79 Å². The van der Waals surface area contributed by atoms with Crippen molar-refractivity contribution in [2.75, 3.05) is 6.61 Å². The van der Waals surface area contributed by atoms with Gasteiger partial charge in [-0.05, 0) is 30.7 Å². The lowest BCUT2D eigenvalue weighted by Crippen LogP contribution is -1.98. The fourth-order valence-corrected chi connectivity index (χ4v) is 1.69. The Bertz CT molecular complexity index is 516. The zero-order chi connectivity index (χ0) is 11.5. The quantitative estimate of drug-likeness (QED) is 0.833. The molecule has 0 spiro atoms. The Morgan fingerprint density at radius 2 is 2.19 bits per heavy atom. The van der Waals surface area contributed by atoms with Gasteiger partial charge >= 0.3 is 0 Å². The molecule has 16 heavy (non-hydrogen) atoms. The normalized spacial score (nSPS) is 10.9. The molecule has 0 bridgehead atoms. The predicted molar refractivity (Wildman–Crippen MR) is 61.9 cm³/mol. The number of hydrogen-bond acceptors (Lipinski definition) is 3. The number of aliphatic hydroxyl groups is 1. The Hall–Kier alpha value is -1.32. The topological polar surface area (TPSA) is 50.4 Å². The number of halogens is 1. The van der Waals surface area contributed by atoms with Gasteiger partial charge in [0.2, 0.25) is 0 Å². The van der Waals surface area contributed by atoms with E-state index in [2.05, 4.69) is 0 Å². The summed E-state index contributed by atoms with van der Waals surface area (Å²) in [4.78, 5) is 11.6. The lowest BCUT2D eigenvalue weighted by molar-refractivity contribution is 0.0946. The summed E-state index contributed by atoms with van der Waals surface area (Å²) in [5.74, 6) is 0.229. The second-order valence-electron chi connectivity index (χ2n) is 3.54. The van der Waals surface area contributed by atoms with Gasteiger partial charge in [-0.1, -0.05) is 11.6 Å². The van der Waals surface area contributed by atoms with Gasteiger partial charge in [0.25, 0.3) is 0 Å². The van der Waals surface area contributed by atoms with E-state index in [4.69, 9.17) is 21.1 Å². The zero-order valence-corrected chi connectivity index (χ0v) is 9.33. The minimum Gasteiger partial charge on any atom is -0.453 e. The van der Waals surface area contributed by atoms with Crippen LogP contribution in [0.2, 0.25) is 5.02 Å². The van der Waals surface area contributed by atoms with Gasteiger partial charge in [-0.3, -0.25) is 4.79 Å². The summed E-state index contributed by atoms with van der Waals surface area (Å²) in [5.41, 5.74) is 0.650. The number of ketones is 1. The molecule has 0 fully saturated rings. The molecule has 3 nitrogen and oxygen atoms in total. The van der Waals surface area contributed by atoms with Crippen LogP contribution in [-0.4, -0.2) is 17.5 Å². The first-order valence-corrected chi connectivity index (χ1v) is 5.41. The first-order valence-electron chi connectivity index (χ1n) is 5.04. The van der Waals surface area contributed by atoms with Crippen molar-refractivity contribution in [1.29, 1.82) is 0 Å². The van der Waals surface area contributed by atoms with Crippen LogP contribution in [-0.2, 0) is 0 Å². The summed E-state index contributed by atoms with van der Waals surface area (Å²) >= 11 is 5.83. The summed E-state index contributed by atoms with van der Waals surface area (Å²) in [5, 5.41) is 10.1. The number of carbonyl (C=O) groups is 1. The average molecular weight is 239 g/mol. The summed E-state index contributed by atoms with van der Waals surface area (Å²) in [6.45, 7) is 0.0117. The Morgan fingerprint density at radius 1 is 1.38 bits per heavy atom. The second-order valence-corrected chi connectivity index (χ2v) is 3.98. The van der Waals surface area contributed by atoms with Crippen LogP contribution in [0.15, 0.2) is 28.7 Å². The van der Waals surface area contributed by atoms with Crippen molar-refractivity contribution >= 4 is 28.4 Å². The van der Waals surface area contributed by atoms with Crippen molar-refractivity contribution in [3.05, 3.63) is 35.0 Å². The average Bonchev–Trinajstić information content (AvgIpc) is 2.68. The lowest BCUT2D eigenvalue weighted by atomic mass is 10.2. The number of hydrogen-bond donors (Lipinski definition) is 1. The third kappa shape index (κ3) is 2.26. The molecule has 1 N–H and O–H groups in total. The second kappa shape index (κ2) is 4.68. The summed E-state index contributed by atoms with van der Waals surface area (Å²) in [7, 11) is 0. The number of aliphatic hydroxyl groups excluding tert-OH is 1. The van der Waals surface area contributed by atoms with E-state index < -0.39 is 0 Å². The largest absolute Gasteiger partial charge is 0.453 e. The highest BCUT2D eigenvalue weighted by molar-refractivity contribution is 6.31. The van der Waals surface area contributed by atoms with Gasteiger partial charge in [0, 0.05) is 23.4 Å². The van der Waals surface area contributed by atoms with Gasteiger partial charge in [-0.15, -0.1) is 0 Å². The highest BCUT2D eigenvalue weighted by atomic mass is 35.5. The predicted octanol–water partition coefficient (Wildman–Crippen LogP) is 3.04. The number of furan rings is 1. The molecule has 0 saturated heterocycles. The molecular weight excluding hydrogens is 228 g/mol. The molecule has 0 amide bonds. The summed E-state index contributed by atoms with van der Waals surface area (Å²) < 4.78 is 5.39. The Kier molecular flexibility index (Phi) is 3.27. The molecule has 0 radical (unpaired) electrons. The molecule has 2 aromatic rings. The fourth-order valence-electron chi connectivity index (χ4n) is 1.51. The minimum atomic E-state index is -0.0960. The van der Waals surface area contributed by atoms with Crippen LogP contribution in [0.4, 0.5) is 0 Å². The maximum Gasteiger partial charge on any atom is 0.198 e. The van der Waals surface area contributed by atoms with Gasteiger partial charge in [0.1, 0.15) is 5.58 Å². The standard InChI is InChI=1S/C12H11ClO3/c13-9-3-4-11-8(6-9)7-12(16-11)10(15)2-1-5-14/h3-4,6-7,14H,1-2,5H2. The number of benzene rings is 1. The van der Waals surface area contributed by atoms with E-state index >= 15 is 0 Å².